The van der Waals surface area contributed by atoms with Gasteiger partial charge < -0.3 is 19.4 Å². The van der Waals surface area contributed by atoms with E-state index in [1.54, 1.807) is 12.1 Å². The molecule has 0 unspecified atom stereocenters. The molecule has 2 amide bonds. The first-order chi connectivity index (χ1) is 9.49. The number of rotatable bonds is 4. The summed E-state index contributed by atoms with van der Waals surface area (Å²) in [4.78, 5) is 23.1. The van der Waals surface area contributed by atoms with Gasteiger partial charge in [-0.05, 0) is 19.1 Å². The van der Waals surface area contributed by atoms with Crippen molar-refractivity contribution < 1.29 is 23.6 Å². The SMILES string of the molecule is C[C@](O)(CNC(=O)C(=O)Nc1ccon1)c1ccco1. The summed E-state index contributed by atoms with van der Waals surface area (Å²) in [6, 6.07) is 4.58. The van der Waals surface area contributed by atoms with Crippen molar-refractivity contribution in [2.24, 2.45) is 0 Å². The summed E-state index contributed by atoms with van der Waals surface area (Å²) in [6.07, 6.45) is 2.66. The number of anilines is 1. The minimum atomic E-state index is -1.41. The maximum Gasteiger partial charge on any atom is 0.314 e. The van der Waals surface area contributed by atoms with Gasteiger partial charge in [0.15, 0.2) is 5.82 Å². The number of furan rings is 1. The van der Waals surface area contributed by atoms with Crippen molar-refractivity contribution in [3.8, 4) is 0 Å². The van der Waals surface area contributed by atoms with Crippen LogP contribution in [0.15, 0.2) is 39.7 Å². The third-order valence-electron chi connectivity index (χ3n) is 2.53. The molecule has 0 spiro atoms. The predicted octanol–water partition coefficient (Wildman–Crippen LogP) is 0.230. The van der Waals surface area contributed by atoms with Crippen molar-refractivity contribution in [1.29, 1.82) is 0 Å². The van der Waals surface area contributed by atoms with Crippen LogP contribution < -0.4 is 10.6 Å². The van der Waals surface area contributed by atoms with E-state index in [0.717, 1.165) is 0 Å². The van der Waals surface area contributed by atoms with Gasteiger partial charge in [-0.3, -0.25) is 14.9 Å². The van der Waals surface area contributed by atoms with Gasteiger partial charge in [-0.25, -0.2) is 0 Å². The Balaban J connectivity index is 1.87. The highest BCUT2D eigenvalue weighted by atomic mass is 16.5. The maximum atomic E-state index is 11.6. The van der Waals surface area contributed by atoms with E-state index in [1.807, 2.05) is 0 Å². The second kappa shape index (κ2) is 5.57. The average molecular weight is 279 g/mol. The molecule has 3 N–H and O–H groups in total. The van der Waals surface area contributed by atoms with Crippen LogP contribution in [0.3, 0.4) is 0 Å². The lowest BCUT2D eigenvalue weighted by Crippen LogP contribution is -2.43. The predicted molar refractivity (Wildman–Crippen MR) is 66.4 cm³/mol. The Hall–Kier alpha value is -2.61. The minimum Gasteiger partial charge on any atom is -0.466 e. The van der Waals surface area contributed by atoms with Crippen molar-refractivity contribution in [2.75, 3.05) is 11.9 Å². The van der Waals surface area contributed by atoms with Crippen LogP contribution >= 0.6 is 0 Å². The first-order valence-corrected chi connectivity index (χ1v) is 5.75. The van der Waals surface area contributed by atoms with Gasteiger partial charge in [0, 0.05) is 6.07 Å². The second-order valence-electron chi connectivity index (χ2n) is 4.27. The molecule has 20 heavy (non-hydrogen) atoms. The smallest absolute Gasteiger partial charge is 0.314 e. The van der Waals surface area contributed by atoms with Crippen molar-refractivity contribution in [2.45, 2.75) is 12.5 Å². The number of aromatic nitrogens is 1. The van der Waals surface area contributed by atoms with E-state index < -0.39 is 17.4 Å². The van der Waals surface area contributed by atoms with Gasteiger partial charge in [-0.1, -0.05) is 5.16 Å². The van der Waals surface area contributed by atoms with Gasteiger partial charge in [0.1, 0.15) is 17.6 Å². The molecule has 8 nitrogen and oxygen atoms in total. The average Bonchev–Trinajstić information content (AvgIpc) is 3.08. The molecule has 0 aliphatic rings. The van der Waals surface area contributed by atoms with Crippen LogP contribution in [0.4, 0.5) is 5.82 Å². The third kappa shape index (κ3) is 3.23. The zero-order valence-electron chi connectivity index (χ0n) is 10.6. The molecule has 0 fully saturated rings. The molecule has 2 aromatic rings. The molecule has 0 radical (unpaired) electrons. The van der Waals surface area contributed by atoms with E-state index in [0.29, 0.717) is 0 Å². The molecule has 0 saturated carbocycles. The molecule has 1 atom stereocenters. The lowest BCUT2D eigenvalue weighted by Gasteiger charge is -2.20. The molecular weight excluding hydrogens is 266 g/mol. The number of amides is 2. The summed E-state index contributed by atoms with van der Waals surface area (Å²) in [5.41, 5.74) is -1.41. The Morgan fingerprint density at radius 1 is 1.35 bits per heavy atom. The summed E-state index contributed by atoms with van der Waals surface area (Å²) in [6.45, 7) is 1.28. The van der Waals surface area contributed by atoms with Gasteiger partial charge >= 0.3 is 11.8 Å². The first kappa shape index (κ1) is 13.8. The summed E-state index contributed by atoms with van der Waals surface area (Å²) >= 11 is 0. The Morgan fingerprint density at radius 3 is 2.75 bits per heavy atom. The molecule has 2 aromatic heterocycles. The van der Waals surface area contributed by atoms with Crippen LogP contribution in [0, 0.1) is 0 Å². The fraction of sp³-hybridized carbons (Fsp3) is 0.250. The van der Waals surface area contributed by atoms with Gasteiger partial charge in [-0.2, -0.15) is 0 Å². The molecule has 0 aliphatic heterocycles. The molecule has 106 valence electrons. The Morgan fingerprint density at radius 2 is 2.15 bits per heavy atom. The molecule has 2 rings (SSSR count). The Labute approximate surface area is 113 Å². The minimum absolute atomic E-state index is 0.128. The topological polar surface area (TPSA) is 118 Å². The zero-order chi connectivity index (χ0) is 14.6. The van der Waals surface area contributed by atoms with E-state index >= 15 is 0 Å². The normalized spacial score (nSPS) is 13.5. The van der Waals surface area contributed by atoms with Crippen LogP contribution in [-0.4, -0.2) is 28.6 Å². The fourth-order valence-corrected chi connectivity index (χ4v) is 1.45. The number of aliphatic hydroxyl groups is 1. The van der Waals surface area contributed by atoms with Gasteiger partial charge in [0.05, 0.1) is 12.8 Å². The maximum absolute atomic E-state index is 11.6. The van der Waals surface area contributed by atoms with Gasteiger partial charge in [-0.15, -0.1) is 0 Å². The van der Waals surface area contributed by atoms with Crippen LogP contribution in [0.25, 0.3) is 0 Å². The van der Waals surface area contributed by atoms with E-state index in [-0.39, 0.29) is 18.1 Å². The summed E-state index contributed by atoms with van der Waals surface area (Å²) in [5, 5.41) is 18.1. The zero-order valence-corrected chi connectivity index (χ0v) is 10.6. The van der Waals surface area contributed by atoms with Gasteiger partial charge in [0.25, 0.3) is 0 Å². The number of nitrogens with zero attached hydrogens (tertiary/aromatic N) is 1. The van der Waals surface area contributed by atoms with Crippen LogP contribution in [0.2, 0.25) is 0 Å². The molecule has 0 aliphatic carbocycles. The monoisotopic (exact) mass is 279 g/mol. The molecule has 2 heterocycles. The van der Waals surface area contributed by atoms with Gasteiger partial charge in [0.2, 0.25) is 0 Å². The van der Waals surface area contributed by atoms with E-state index in [9.17, 15) is 14.7 Å². The summed E-state index contributed by atoms with van der Waals surface area (Å²) < 4.78 is 9.56. The fourth-order valence-electron chi connectivity index (χ4n) is 1.45. The standard InChI is InChI=1S/C12H13N3O5/c1-12(18,8-3-2-5-19-8)7-13-10(16)11(17)14-9-4-6-20-15-9/h2-6,18H,7H2,1H3,(H,13,16)(H,14,15,17)/t12-/m0/s1. The van der Waals surface area contributed by atoms with Crippen molar-refractivity contribution in [3.63, 3.8) is 0 Å². The van der Waals surface area contributed by atoms with E-state index in [2.05, 4.69) is 20.3 Å². The highest BCUT2D eigenvalue weighted by molar-refractivity contribution is 6.39. The Bertz CT molecular complexity index is 574. The lowest BCUT2D eigenvalue weighted by molar-refractivity contribution is -0.136. The number of carbonyl (C=O) groups is 2. The quantitative estimate of drug-likeness (QED) is 0.689. The van der Waals surface area contributed by atoms with Crippen LogP contribution in [-0.2, 0) is 15.2 Å². The number of nitrogens with one attached hydrogen (secondary N) is 2. The molecule has 8 heteroatoms. The largest absolute Gasteiger partial charge is 0.466 e. The molecule has 0 aromatic carbocycles. The molecule has 0 bridgehead atoms. The summed E-state index contributed by atoms with van der Waals surface area (Å²) in [5.74, 6) is -1.40. The third-order valence-corrected chi connectivity index (χ3v) is 2.53. The highest BCUT2D eigenvalue weighted by Gasteiger charge is 2.28. The van der Waals surface area contributed by atoms with Crippen molar-refractivity contribution >= 4 is 17.6 Å². The summed E-state index contributed by atoms with van der Waals surface area (Å²) in [7, 11) is 0. The van der Waals surface area contributed by atoms with Crippen molar-refractivity contribution in [3.05, 3.63) is 36.5 Å². The molecular formula is C12H13N3O5. The van der Waals surface area contributed by atoms with E-state index in [4.69, 9.17) is 4.42 Å². The first-order valence-electron chi connectivity index (χ1n) is 5.75. The number of hydrogen-bond donors (Lipinski definition) is 3. The Kier molecular flexibility index (Phi) is 3.85. The lowest BCUT2D eigenvalue weighted by atomic mass is 10.0. The number of hydrogen-bond acceptors (Lipinski definition) is 6. The van der Waals surface area contributed by atoms with Crippen LogP contribution in [0.5, 0.6) is 0 Å². The molecule has 0 saturated heterocycles. The highest BCUT2D eigenvalue weighted by Crippen LogP contribution is 2.19. The van der Waals surface area contributed by atoms with Crippen LogP contribution in [0.1, 0.15) is 12.7 Å². The van der Waals surface area contributed by atoms with Crippen molar-refractivity contribution in [1.82, 2.24) is 10.5 Å². The van der Waals surface area contributed by atoms with E-state index in [1.165, 1.54) is 25.5 Å². The number of carbonyl (C=O) groups excluding carboxylic acids is 2. The second-order valence-corrected chi connectivity index (χ2v) is 4.27.